The van der Waals surface area contributed by atoms with Crippen molar-refractivity contribution in [3.8, 4) is 0 Å². The molecule has 1 saturated heterocycles. The molecule has 2 aliphatic rings. The summed E-state index contributed by atoms with van der Waals surface area (Å²) in [6, 6.07) is 4.31. The van der Waals surface area contributed by atoms with Gasteiger partial charge in [0.1, 0.15) is 5.76 Å². The van der Waals surface area contributed by atoms with E-state index in [0.29, 0.717) is 25.7 Å². The Morgan fingerprint density at radius 3 is 2.87 bits per heavy atom. The van der Waals surface area contributed by atoms with Crippen LogP contribution in [0.3, 0.4) is 0 Å². The quantitative estimate of drug-likeness (QED) is 0.664. The fourth-order valence-electron chi connectivity index (χ4n) is 2.70. The van der Waals surface area contributed by atoms with Crippen LogP contribution < -0.4 is 5.32 Å². The zero-order valence-corrected chi connectivity index (χ0v) is 14.6. The first-order valence-electron chi connectivity index (χ1n) is 8.18. The van der Waals surface area contributed by atoms with Crippen molar-refractivity contribution in [1.29, 1.82) is 0 Å². The number of aliphatic imine (C=N–C) groups is 1. The minimum Gasteiger partial charge on any atom is -0.469 e. The predicted octanol–water partition coefficient (Wildman–Crippen LogP) is 1.44. The molecule has 3 rings (SSSR count). The second-order valence-electron chi connectivity index (χ2n) is 6.95. The van der Waals surface area contributed by atoms with Gasteiger partial charge in [-0.05, 0) is 38.8 Å². The average molecular weight is 339 g/mol. The van der Waals surface area contributed by atoms with Crippen LogP contribution in [0, 0.1) is 0 Å². The summed E-state index contributed by atoms with van der Waals surface area (Å²) in [4.78, 5) is 6.78. The summed E-state index contributed by atoms with van der Waals surface area (Å²) in [6.07, 6.45) is 4.73. The maximum absolute atomic E-state index is 12.2. The lowest BCUT2D eigenvalue weighted by Gasteiger charge is -2.39. The van der Waals surface area contributed by atoms with Gasteiger partial charge in [0.05, 0.1) is 16.8 Å². The van der Waals surface area contributed by atoms with Gasteiger partial charge in [0.25, 0.3) is 0 Å². The van der Waals surface area contributed by atoms with Gasteiger partial charge in [-0.2, -0.15) is 0 Å². The second kappa shape index (κ2) is 6.19. The molecule has 1 aromatic rings. The smallest absolute Gasteiger partial charge is 0.194 e. The molecule has 2 fully saturated rings. The number of nitrogens with one attached hydrogen (secondary N) is 1. The van der Waals surface area contributed by atoms with Crippen molar-refractivity contribution in [3.63, 3.8) is 0 Å². The van der Waals surface area contributed by atoms with Gasteiger partial charge in [-0.3, -0.25) is 4.99 Å². The van der Waals surface area contributed by atoms with E-state index in [4.69, 9.17) is 9.41 Å². The molecule has 0 amide bonds. The fourth-order valence-corrected chi connectivity index (χ4v) is 4.06. The number of sulfone groups is 1. The van der Waals surface area contributed by atoms with Crippen LogP contribution in [0.5, 0.6) is 0 Å². The Bertz CT molecular complexity index is 661. The van der Waals surface area contributed by atoms with Gasteiger partial charge in [-0.15, -0.1) is 0 Å². The van der Waals surface area contributed by atoms with Gasteiger partial charge in [-0.25, -0.2) is 8.42 Å². The highest BCUT2D eigenvalue weighted by Crippen LogP contribution is 2.25. The van der Waals surface area contributed by atoms with Crippen molar-refractivity contribution in [2.75, 3.05) is 25.4 Å². The molecular formula is C16H25N3O3S. The lowest BCUT2D eigenvalue weighted by atomic mass is 10.2. The molecule has 0 radical (unpaired) electrons. The maximum atomic E-state index is 12.2. The number of rotatable bonds is 4. The zero-order chi connectivity index (χ0) is 16.5. The fraction of sp³-hybridized carbons (Fsp3) is 0.688. The lowest BCUT2D eigenvalue weighted by molar-refractivity contribution is 0.352. The van der Waals surface area contributed by atoms with E-state index in [1.165, 1.54) is 0 Å². The molecule has 1 N–H and O–H groups in total. The minimum atomic E-state index is -3.04. The van der Waals surface area contributed by atoms with E-state index < -0.39 is 14.6 Å². The molecule has 2 heterocycles. The van der Waals surface area contributed by atoms with Gasteiger partial charge < -0.3 is 14.6 Å². The molecule has 0 spiro atoms. The van der Waals surface area contributed by atoms with Gasteiger partial charge >= 0.3 is 0 Å². The first-order valence-corrected chi connectivity index (χ1v) is 9.83. The van der Waals surface area contributed by atoms with E-state index in [2.05, 4.69) is 10.2 Å². The Labute approximate surface area is 137 Å². The van der Waals surface area contributed by atoms with E-state index in [9.17, 15) is 8.42 Å². The van der Waals surface area contributed by atoms with Crippen molar-refractivity contribution in [2.24, 2.45) is 4.99 Å². The summed E-state index contributed by atoms with van der Waals surface area (Å²) in [5.74, 6) is 1.94. The SMILES string of the molecule is CC1(C)CN(C(=NCCc2ccco2)NC2CC2)CCS1(=O)=O. The van der Waals surface area contributed by atoms with Crippen LogP contribution >= 0.6 is 0 Å². The molecule has 0 aromatic carbocycles. The summed E-state index contributed by atoms with van der Waals surface area (Å²) in [7, 11) is -3.04. The van der Waals surface area contributed by atoms with Gasteiger partial charge in [0.2, 0.25) is 0 Å². The summed E-state index contributed by atoms with van der Waals surface area (Å²) in [5.41, 5.74) is 0. The minimum absolute atomic E-state index is 0.184. The molecule has 7 heteroatoms. The normalized spacial score (nSPS) is 23.7. The molecule has 1 aliphatic carbocycles. The Morgan fingerprint density at radius 1 is 1.48 bits per heavy atom. The molecule has 1 aromatic heterocycles. The zero-order valence-electron chi connectivity index (χ0n) is 13.8. The Balaban J connectivity index is 1.68. The summed E-state index contributed by atoms with van der Waals surface area (Å²) in [5, 5.41) is 3.46. The van der Waals surface area contributed by atoms with Gasteiger partial charge in [0, 0.05) is 32.1 Å². The Kier molecular flexibility index (Phi) is 4.40. The molecule has 6 nitrogen and oxygen atoms in total. The van der Waals surface area contributed by atoms with Crippen molar-refractivity contribution in [3.05, 3.63) is 24.2 Å². The van der Waals surface area contributed by atoms with Crippen LogP contribution in [0.4, 0.5) is 0 Å². The van der Waals surface area contributed by atoms with Crippen LogP contribution in [-0.2, 0) is 16.3 Å². The highest BCUT2D eigenvalue weighted by molar-refractivity contribution is 7.92. The molecule has 0 bridgehead atoms. The number of hydrogen-bond acceptors (Lipinski definition) is 4. The van der Waals surface area contributed by atoms with Crippen molar-refractivity contribution >= 4 is 15.8 Å². The number of hydrogen-bond donors (Lipinski definition) is 1. The highest BCUT2D eigenvalue weighted by Gasteiger charge is 2.41. The molecule has 1 aliphatic heterocycles. The first-order chi connectivity index (χ1) is 10.9. The van der Waals surface area contributed by atoms with E-state index in [1.54, 1.807) is 20.1 Å². The van der Waals surface area contributed by atoms with Crippen LogP contribution in [0.25, 0.3) is 0 Å². The third-order valence-electron chi connectivity index (χ3n) is 4.45. The van der Waals surface area contributed by atoms with Gasteiger partial charge in [0.15, 0.2) is 15.8 Å². The van der Waals surface area contributed by atoms with Crippen molar-refractivity contribution in [2.45, 2.75) is 43.9 Å². The molecule has 1 saturated carbocycles. The summed E-state index contributed by atoms with van der Waals surface area (Å²) >= 11 is 0. The monoisotopic (exact) mass is 339 g/mol. The van der Waals surface area contributed by atoms with Gasteiger partial charge in [-0.1, -0.05) is 0 Å². The summed E-state index contributed by atoms with van der Waals surface area (Å²) in [6.45, 7) is 5.21. The van der Waals surface area contributed by atoms with Crippen molar-refractivity contribution < 1.29 is 12.8 Å². The number of nitrogens with zero attached hydrogens (tertiary/aromatic N) is 2. The van der Waals surface area contributed by atoms with Crippen LogP contribution in [-0.4, -0.2) is 55.5 Å². The second-order valence-corrected chi connectivity index (χ2v) is 9.70. The highest BCUT2D eigenvalue weighted by atomic mass is 32.2. The third kappa shape index (κ3) is 3.88. The van der Waals surface area contributed by atoms with Crippen LogP contribution in [0.15, 0.2) is 27.8 Å². The Morgan fingerprint density at radius 2 is 2.26 bits per heavy atom. The number of furan rings is 1. The van der Waals surface area contributed by atoms with E-state index in [0.717, 1.165) is 31.0 Å². The summed E-state index contributed by atoms with van der Waals surface area (Å²) < 4.78 is 28.9. The van der Waals surface area contributed by atoms with E-state index in [-0.39, 0.29) is 5.75 Å². The van der Waals surface area contributed by atoms with Crippen LogP contribution in [0.2, 0.25) is 0 Å². The average Bonchev–Trinajstić information content (AvgIpc) is 3.14. The maximum Gasteiger partial charge on any atom is 0.194 e. The van der Waals surface area contributed by atoms with E-state index in [1.807, 2.05) is 12.1 Å². The molecular weight excluding hydrogens is 314 g/mol. The third-order valence-corrected chi connectivity index (χ3v) is 6.99. The topological polar surface area (TPSA) is 74.9 Å². The largest absolute Gasteiger partial charge is 0.469 e. The van der Waals surface area contributed by atoms with E-state index >= 15 is 0 Å². The first kappa shape index (κ1) is 16.4. The molecule has 0 atom stereocenters. The molecule has 128 valence electrons. The lowest BCUT2D eigenvalue weighted by Crippen LogP contribution is -2.57. The number of guanidine groups is 1. The molecule has 0 unspecified atom stereocenters. The Hall–Kier alpha value is -1.50. The van der Waals surface area contributed by atoms with Crippen LogP contribution in [0.1, 0.15) is 32.4 Å². The predicted molar refractivity (Wildman–Crippen MR) is 90.3 cm³/mol. The standard InChI is InChI=1S/C16H25N3O3S/c1-16(2)12-19(9-11-23(16,20)21)15(18-13-5-6-13)17-8-7-14-4-3-10-22-14/h3-4,10,13H,5-9,11-12H2,1-2H3,(H,17,18). The molecule has 23 heavy (non-hydrogen) atoms. The van der Waals surface area contributed by atoms with Crippen molar-refractivity contribution in [1.82, 2.24) is 10.2 Å².